The van der Waals surface area contributed by atoms with Crippen LogP contribution in [0.1, 0.15) is 31.7 Å². The monoisotopic (exact) mass is 366 g/mol. The third-order valence-electron chi connectivity index (χ3n) is 5.68. The van der Waals surface area contributed by atoms with E-state index in [0.29, 0.717) is 6.42 Å². The summed E-state index contributed by atoms with van der Waals surface area (Å²) in [7, 11) is 0. The number of nitrogens with zero attached hydrogens (tertiary/aromatic N) is 2. The topological polar surface area (TPSA) is 43.8 Å². The molecule has 0 aromatic heterocycles. The van der Waals surface area contributed by atoms with Crippen LogP contribution in [0.4, 0.5) is 5.69 Å². The Morgan fingerprint density at radius 2 is 1.63 bits per heavy atom. The molecule has 2 aromatic carbocycles. The third-order valence-corrected chi connectivity index (χ3v) is 5.68. The first kappa shape index (κ1) is 19.6. The molecule has 1 aliphatic heterocycles. The number of aliphatic hydroxyl groups is 1. The maximum absolute atomic E-state index is 12.8. The zero-order chi connectivity index (χ0) is 19.1. The van der Waals surface area contributed by atoms with Gasteiger partial charge in [0.15, 0.2) is 0 Å². The number of carbonyl (C=O) groups is 1. The van der Waals surface area contributed by atoms with Crippen molar-refractivity contribution < 1.29 is 9.90 Å². The van der Waals surface area contributed by atoms with Crippen molar-refractivity contribution in [2.24, 2.45) is 0 Å². The van der Waals surface area contributed by atoms with Gasteiger partial charge in [-0.25, -0.2) is 0 Å². The number of anilines is 1. The van der Waals surface area contributed by atoms with Crippen molar-refractivity contribution >= 4 is 11.6 Å². The first-order chi connectivity index (χ1) is 13.2. The van der Waals surface area contributed by atoms with Crippen LogP contribution in [0.5, 0.6) is 0 Å². The highest BCUT2D eigenvalue weighted by atomic mass is 16.3. The minimum Gasteiger partial charge on any atom is -0.394 e. The van der Waals surface area contributed by atoms with Crippen LogP contribution in [-0.4, -0.2) is 47.7 Å². The number of aliphatic hydroxyl groups excluding tert-OH is 1. The number of likely N-dealkylation sites (tertiary alicyclic amines) is 1. The van der Waals surface area contributed by atoms with E-state index < -0.39 is 5.54 Å². The van der Waals surface area contributed by atoms with Crippen molar-refractivity contribution in [1.29, 1.82) is 0 Å². The van der Waals surface area contributed by atoms with Gasteiger partial charge < -0.3 is 14.9 Å². The predicted molar refractivity (Wildman–Crippen MR) is 110 cm³/mol. The van der Waals surface area contributed by atoms with Crippen molar-refractivity contribution in [2.45, 2.75) is 38.1 Å². The van der Waals surface area contributed by atoms with E-state index >= 15 is 0 Å². The molecule has 1 aliphatic rings. The molecular weight excluding hydrogens is 336 g/mol. The van der Waals surface area contributed by atoms with E-state index in [1.54, 1.807) is 0 Å². The smallest absolute Gasteiger partial charge is 0.227 e. The zero-order valence-electron chi connectivity index (χ0n) is 16.2. The van der Waals surface area contributed by atoms with Gasteiger partial charge in [0.2, 0.25) is 5.91 Å². The Labute approximate surface area is 162 Å². The minimum atomic E-state index is -0.502. The molecule has 4 heteroatoms. The highest BCUT2D eigenvalue weighted by molar-refractivity contribution is 5.94. The number of amides is 1. The molecule has 1 saturated heterocycles. The van der Waals surface area contributed by atoms with Gasteiger partial charge in [0, 0.05) is 31.7 Å². The lowest BCUT2D eigenvalue weighted by molar-refractivity contribution is -0.120. The number of hydrogen-bond acceptors (Lipinski definition) is 3. The van der Waals surface area contributed by atoms with Crippen LogP contribution in [-0.2, 0) is 11.2 Å². The lowest BCUT2D eigenvalue weighted by Crippen LogP contribution is -2.60. The molecule has 1 heterocycles. The van der Waals surface area contributed by atoms with Crippen LogP contribution in [0, 0.1) is 0 Å². The molecular formula is C23H30N2O2. The summed E-state index contributed by atoms with van der Waals surface area (Å²) in [4.78, 5) is 17.1. The summed E-state index contributed by atoms with van der Waals surface area (Å²) in [6.07, 6.45) is 3.05. The maximum Gasteiger partial charge on any atom is 0.227 e. The maximum atomic E-state index is 12.8. The Bertz CT molecular complexity index is 710. The van der Waals surface area contributed by atoms with E-state index in [2.05, 4.69) is 29.2 Å². The molecule has 0 unspecified atom stereocenters. The van der Waals surface area contributed by atoms with E-state index in [4.69, 9.17) is 0 Å². The van der Waals surface area contributed by atoms with Crippen LogP contribution in [0.15, 0.2) is 60.7 Å². The summed E-state index contributed by atoms with van der Waals surface area (Å²) >= 11 is 0. The second-order valence-electron chi connectivity index (χ2n) is 7.38. The van der Waals surface area contributed by atoms with Gasteiger partial charge in [-0.2, -0.15) is 0 Å². The molecule has 144 valence electrons. The predicted octanol–water partition coefficient (Wildman–Crippen LogP) is 3.50. The van der Waals surface area contributed by atoms with E-state index in [1.165, 1.54) is 5.56 Å². The fourth-order valence-corrected chi connectivity index (χ4v) is 3.99. The van der Waals surface area contributed by atoms with Gasteiger partial charge in [-0.1, -0.05) is 55.5 Å². The Morgan fingerprint density at radius 3 is 2.19 bits per heavy atom. The van der Waals surface area contributed by atoms with Gasteiger partial charge in [0.25, 0.3) is 0 Å². The fourth-order valence-electron chi connectivity index (χ4n) is 3.99. The van der Waals surface area contributed by atoms with Crippen LogP contribution >= 0.6 is 0 Å². The van der Waals surface area contributed by atoms with Crippen LogP contribution < -0.4 is 4.90 Å². The lowest BCUT2D eigenvalue weighted by Gasteiger charge is -2.48. The van der Waals surface area contributed by atoms with Crippen molar-refractivity contribution in [3.05, 3.63) is 66.2 Å². The Hall–Kier alpha value is -2.17. The number of hydrogen-bond donors (Lipinski definition) is 1. The van der Waals surface area contributed by atoms with Crippen LogP contribution in [0.25, 0.3) is 0 Å². The summed E-state index contributed by atoms with van der Waals surface area (Å²) in [6.45, 7) is 4.69. The largest absolute Gasteiger partial charge is 0.394 e. The summed E-state index contributed by atoms with van der Waals surface area (Å²) in [5, 5.41) is 10.3. The van der Waals surface area contributed by atoms with Gasteiger partial charge >= 0.3 is 0 Å². The summed E-state index contributed by atoms with van der Waals surface area (Å²) in [5.74, 6) is 0.0768. The number of piperidine rings is 1. The van der Waals surface area contributed by atoms with E-state index in [9.17, 15) is 9.90 Å². The molecule has 1 amide bonds. The molecule has 0 aliphatic carbocycles. The van der Waals surface area contributed by atoms with E-state index in [0.717, 1.165) is 44.6 Å². The third kappa shape index (κ3) is 4.57. The van der Waals surface area contributed by atoms with E-state index in [-0.39, 0.29) is 12.5 Å². The lowest BCUT2D eigenvalue weighted by atomic mass is 9.85. The number of para-hydroxylation sites is 1. The Kier molecular flexibility index (Phi) is 6.64. The molecule has 1 fully saturated rings. The van der Waals surface area contributed by atoms with Crippen molar-refractivity contribution in [3.63, 3.8) is 0 Å². The van der Waals surface area contributed by atoms with Gasteiger partial charge in [-0.05, 0) is 37.0 Å². The average molecular weight is 367 g/mol. The second kappa shape index (κ2) is 9.16. The average Bonchev–Trinajstić information content (AvgIpc) is 2.74. The molecule has 0 radical (unpaired) electrons. The molecule has 0 bridgehead atoms. The van der Waals surface area contributed by atoms with Crippen LogP contribution in [0.2, 0.25) is 0 Å². The summed E-state index contributed by atoms with van der Waals surface area (Å²) in [6, 6.07) is 20.3. The standard InChI is InChI=1S/C23H30N2O2/c1-2-22(27)25(21-11-7-4-8-12-21)23(19-26)14-17-24(18-15-23)16-13-20-9-5-3-6-10-20/h3-12,26H,2,13-19H2,1H3. The first-order valence-electron chi connectivity index (χ1n) is 9.94. The molecule has 1 N–H and O–H groups in total. The minimum absolute atomic E-state index is 0.000158. The van der Waals surface area contributed by atoms with Gasteiger partial charge in [0.1, 0.15) is 0 Å². The van der Waals surface area contributed by atoms with Crippen molar-refractivity contribution in [1.82, 2.24) is 4.90 Å². The van der Waals surface area contributed by atoms with Gasteiger partial charge in [-0.3, -0.25) is 4.79 Å². The Balaban J connectivity index is 1.69. The SMILES string of the molecule is CCC(=O)N(c1ccccc1)C1(CO)CCN(CCc2ccccc2)CC1. The summed E-state index contributed by atoms with van der Waals surface area (Å²) < 4.78 is 0. The van der Waals surface area contributed by atoms with E-state index in [1.807, 2.05) is 48.2 Å². The molecule has 0 spiro atoms. The van der Waals surface area contributed by atoms with Crippen LogP contribution in [0.3, 0.4) is 0 Å². The zero-order valence-corrected chi connectivity index (χ0v) is 16.2. The Morgan fingerprint density at radius 1 is 1.04 bits per heavy atom. The van der Waals surface area contributed by atoms with Gasteiger partial charge in [0.05, 0.1) is 12.1 Å². The van der Waals surface area contributed by atoms with Crippen molar-refractivity contribution in [3.8, 4) is 0 Å². The number of carbonyl (C=O) groups excluding carboxylic acids is 1. The normalized spacial score (nSPS) is 16.8. The molecule has 0 saturated carbocycles. The van der Waals surface area contributed by atoms with Crippen molar-refractivity contribution in [2.75, 3.05) is 31.1 Å². The van der Waals surface area contributed by atoms with Gasteiger partial charge in [-0.15, -0.1) is 0 Å². The molecule has 2 aromatic rings. The molecule has 4 nitrogen and oxygen atoms in total. The first-order valence-corrected chi connectivity index (χ1v) is 9.94. The number of rotatable bonds is 7. The molecule has 3 rings (SSSR count). The molecule has 27 heavy (non-hydrogen) atoms. The highest BCUT2D eigenvalue weighted by Gasteiger charge is 2.42. The highest BCUT2D eigenvalue weighted by Crippen LogP contribution is 2.34. The summed E-state index contributed by atoms with van der Waals surface area (Å²) in [5.41, 5.74) is 1.73. The second-order valence-corrected chi connectivity index (χ2v) is 7.38. The quantitative estimate of drug-likeness (QED) is 0.816. The molecule has 0 atom stereocenters. The number of benzene rings is 2. The fraction of sp³-hybridized carbons (Fsp3) is 0.435.